The van der Waals surface area contributed by atoms with Gasteiger partial charge in [-0.3, -0.25) is 4.79 Å². The number of carboxylic acid groups (broad SMARTS) is 1. The van der Waals surface area contributed by atoms with Crippen LogP contribution in [-0.4, -0.2) is 53.6 Å². The molecule has 19 heavy (non-hydrogen) atoms. The van der Waals surface area contributed by atoms with Gasteiger partial charge in [0.2, 0.25) is 0 Å². The van der Waals surface area contributed by atoms with Crippen molar-refractivity contribution in [1.82, 2.24) is 4.90 Å². The predicted molar refractivity (Wildman–Crippen MR) is 70.9 cm³/mol. The zero-order valence-electron chi connectivity index (χ0n) is 12.1. The van der Waals surface area contributed by atoms with Gasteiger partial charge in [0.1, 0.15) is 0 Å². The van der Waals surface area contributed by atoms with Crippen molar-refractivity contribution in [1.29, 1.82) is 0 Å². The minimum absolute atomic E-state index is 0.0748. The number of ether oxygens (including phenoxy) is 2. The van der Waals surface area contributed by atoms with Crippen LogP contribution in [0.1, 0.15) is 40.0 Å². The molecule has 110 valence electrons. The first-order chi connectivity index (χ1) is 8.90. The van der Waals surface area contributed by atoms with E-state index in [2.05, 4.69) is 18.7 Å². The smallest absolute Gasteiger partial charge is 0.303 e. The van der Waals surface area contributed by atoms with E-state index in [1.165, 1.54) is 0 Å². The van der Waals surface area contributed by atoms with Crippen LogP contribution in [0.3, 0.4) is 0 Å². The van der Waals surface area contributed by atoms with Crippen molar-refractivity contribution in [2.45, 2.75) is 58.0 Å². The number of aliphatic carboxylic acids is 1. The first-order valence-electron chi connectivity index (χ1n) is 7.18. The zero-order chi connectivity index (χ0) is 14.0. The second-order valence-electron chi connectivity index (χ2n) is 6.07. The summed E-state index contributed by atoms with van der Waals surface area (Å²) < 4.78 is 11.9. The van der Waals surface area contributed by atoms with E-state index in [0.717, 1.165) is 19.5 Å². The van der Waals surface area contributed by atoms with Crippen LogP contribution in [0.4, 0.5) is 0 Å². The summed E-state index contributed by atoms with van der Waals surface area (Å²) in [4.78, 5) is 13.0. The fraction of sp³-hybridized carbons (Fsp3) is 0.929. The van der Waals surface area contributed by atoms with Crippen molar-refractivity contribution in [2.24, 2.45) is 5.92 Å². The Morgan fingerprint density at radius 1 is 1.53 bits per heavy atom. The molecule has 2 aliphatic heterocycles. The van der Waals surface area contributed by atoms with E-state index >= 15 is 0 Å². The second kappa shape index (κ2) is 5.77. The SMILES string of the molecule is CC(C)N1CCC(C2(C)OCC(CCC(=O)O)O2)C1. The summed E-state index contributed by atoms with van der Waals surface area (Å²) >= 11 is 0. The van der Waals surface area contributed by atoms with Gasteiger partial charge in [-0.15, -0.1) is 0 Å². The van der Waals surface area contributed by atoms with Gasteiger partial charge in [-0.05, 0) is 40.2 Å². The monoisotopic (exact) mass is 271 g/mol. The Labute approximate surface area is 114 Å². The van der Waals surface area contributed by atoms with Gasteiger partial charge in [-0.25, -0.2) is 0 Å². The summed E-state index contributed by atoms with van der Waals surface area (Å²) in [6.07, 6.45) is 1.69. The molecule has 5 nitrogen and oxygen atoms in total. The average Bonchev–Trinajstić information content (AvgIpc) is 2.93. The lowest BCUT2D eigenvalue weighted by Gasteiger charge is -2.30. The quantitative estimate of drug-likeness (QED) is 0.825. The molecule has 3 unspecified atom stereocenters. The second-order valence-corrected chi connectivity index (χ2v) is 6.07. The van der Waals surface area contributed by atoms with Crippen molar-refractivity contribution < 1.29 is 19.4 Å². The Hall–Kier alpha value is -0.650. The fourth-order valence-corrected chi connectivity index (χ4v) is 2.98. The largest absolute Gasteiger partial charge is 0.481 e. The van der Waals surface area contributed by atoms with Crippen molar-refractivity contribution in [3.05, 3.63) is 0 Å². The number of likely N-dealkylation sites (tertiary alicyclic amines) is 1. The van der Waals surface area contributed by atoms with E-state index in [1.807, 2.05) is 6.92 Å². The van der Waals surface area contributed by atoms with Gasteiger partial charge in [0.25, 0.3) is 0 Å². The number of hydrogen-bond acceptors (Lipinski definition) is 4. The number of carboxylic acids is 1. The van der Waals surface area contributed by atoms with E-state index in [4.69, 9.17) is 14.6 Å². The maximum atomic E-state index is 10.6. The van der Waals surface area contributed by atoms with Gasteiger partial charge in [0.05, 0.1) is 12.7 Å². The van der Waals surface area contributed by atoms with E-state index in [1.54, 1.807) is 0 Å². The summed E-state index contributed by atoms with van der Waals surface area (Å²) in [5.41, 5.74) is 0. The third-order valence-electron chi connectivity index (χ3n) is 4.33. The van der Waals surface area contributed by atoms with Crippen LogP contribution in [0.2, 0.25) is 0 Å². The van der Waals surface area contributed by atoms with Crippen molar-refractivity contribution in [3.63, 3.8) is 0 Å². The van der Waals surface area contributed by atoms with Gasteiger partial charge in [0, 0.05) is 24.9 Å². The molecule has 0 aromatic heterocycles. The molecule has 2 heterocycles. The minimum atomic E-state index is -0.774. The molecular weight excluding hydrogens is 246 g/mol. The Morgan fingerprint density at radius 3 is 2.84 bits per heavy atom. The van der Waals surface area contributed by atoms with E-state index in [0.29, 0.717) is 25.0 Å². The molecule has 0 bridgehead atoms. The summed E-state index contributed by atoms with van der Waals surface area (Å²) in [5, 5.41) is 8.71. The maximum absolute atomic E-state index is 10.6. The highest BCUT2D eigenvalue weighted by atomic mass is 16.7. The topological polar surface area (TPSA) is 59.0 Å². The molecule has 0 aliphatic carbocycles. The summed E-state index contributed by atoms with van der Waals surface area (Å²) in [6.45, 7) is 9.02. The molecule has 0 radical (unpaired) electrons. The lowest BCUT2D eigenvalue weighted by molar-refractivity contribution is -0.189. The van der Waals surface area contributed by atoms with Crippen molar-refractivity contribution in [2.75, 3.05) is 19.7 Å². The van der Waals surface area contributed by atoms with E-state index in [9.17, 15) is 4.79 Å². The molecule has 2 saturated heterocycles. The number of hydrogen-bond donors (Lipinski definition) is 1. The molecule has 0 spiro atoms. The molecule has 0 aromatic carbocycles. The molecule has 2 aliphatic rings. The maximum Gasteiger partial charge on any atom is 0.303 e. The molecule has 3 atom stereocenters. The Bertz CT molecular complexity index is 333. The molecule has 0 amide bonds. The van der Waals surface area contributed by atoms with Gasteiger partial charge >= 0.3 is 5.97 Å². The van der Waals surface area contributed by atoms with E-state index in [-0.39, 0.29) is 12.5 Å². The molecule has 1 N–H and O–H groups in total. The van der Waals surface area contributed by atoms with Crippen LogP contribution in [0.25, 0.3) is 0 Å². The normalized spacial score (nSPS) is 36.2. The standard InChI is InChI=1S/C14H25NO4/c1-10(2)15-7-6-11(8-15)14(3)18-9-12(19-14)4-5-13(16)17/h10-12H,4-9H2,1-3H3,(H,16,17). The molecule has 2 fully saturated rings. The lowest BCUT2D eigenvalue weighted by Crippen LogP contribution is -2.39. The third-order valence-corrected chi connectivity index (χ3v) is 4.33. The molecule has 0 saturated carbocycles. The van der Waals surface area contributed by atoms with Crippen LogP contribution in [0, 0.1) is 5.92 Å². The van der Waals surface area contributed by atoms with E-state index < -0.39 is 11.8 Å². The Kier molecular flexibility index (Phi) is 4.48. The van der Waals surface area contributed by atoms with Gasteiger partial charge in [0.15, 0.2) is 5.79 Å². The summed E-state index contributed by atoms with van der Waals surface area (Å²) in [7, 11) is 0. The number of carbonyl (C=O) groups is 1. The number of nitrogens with zero attached hydrogens (tertiary/aromatic N) is 1. The zero-order valence-corrected chi connectivity index (χ0v) is 12.1. The first kappa shape index (κ1) is 14.8. The van der Waals surface area contributed by atoms with Crippen LogP contribution in [-0.2, 0) is 14.3 Å². The van der Waals surface area contributed by atoms with Crippen LogP contribution in [0.15, 0.2) is 0 Å². The third kappa shape index (κ3) is 3.46. The molecule has 5 heteroatoms. The summed E-state index contributed by atoms with van der Waals surface area (Å²) in [6, 6.07) is 0.554. The highest BCUT2D eigenvalue weighted by Gasteiger charge is 2.46. The van der Waals surface area contributed by atoms with Crippen molar-refractivity contribution in [3.8, 4) is 0 Å². The molecule has 0 aromatic rings. The Balaban J connectivity index is 1.85. The average molecular weight is 271 g/mol. The number of rotatable bonds is 5. The van der Waals surface area contributed by atoms with Crippen LogP contribution >= 0.6 is 0 Å². The molecular formula is C14H25NO4. The van der Waals surface area contributed by atoms with Gasteiger partial charge < -0.3 is 19.5 Å². The van der Waals surface area contributed by atoms with Crippen LogP contribution < -0.4 is 0 Å². The van der Waals surface area contributed by atoms with Gasteiger partial charge in [-0.2, -0.15) is 0 Å². The van der Waals surface area contributed by atoms with Crippen molar-refractivity contribution >= 4 is 5.97 Å². The highest BCUT2D eigenvalue weighted by Crippen LogP contribution is 2.37. The fourth-order valence-electron chi connectivity index (χ4n) is 2.98. The molecule has 2 rings (SSSR count). The summed E-state index contributed by atoms with van der Waals surface area (Å²) in [5.74, 6) is -0.930. The van der Waals surface area contributed by atoms with Crippen LogP contribution in [0.5, 0.6) is 0 Å². The lowest BCUT2D eigenvalue weighted by atomic mass is 9.99. The minimum Gasteiger partial charge on any atom is -0.481 e. The highest BCUT2D eigenvalue weighted by molar-refractivity contribution is 5.66. The first-order valence-corrected chi connectivity index (χ1v) is 7.18. The predicted octanol–water partition coefficient (Wildman–Crippen LogP) is 1.71. The Morgan fingerprint density at radius 2 is 2.26 bits per heavy atom. The van der Waals surface area contributed by atoms with Gasteiger partial charge in [-0.1, -0.05) is 0 Å².